The molecule has 1 aliphatic heterocycles. The number of hydrogen-bond acceptors (Lipinski definition) is 2. The van der Waals surface area contributed by atoms with Crippen LogP contribution < -0.4 is 0 Å². The second-order valence-electron chi connectivity index (χ2n) is 5.48. The fourth-order valence-electron chi connectivity index (χ4n) is 3.53. The Balaban J connectivity index is 2.36. The molecule has 1 saturated carbocycles. The SMILES string of the molecule is COC1=NC2(C)CC(C)C2(C)C(C)C1. The lowest BCUT2D eigenvalue weighted by molar-refractivity contribution is -0.0925. The van der Waals surface area contributed by atoms with E-state index < -0.39 is 0 Å². The van der Waals surface area contributed by atoms with Gasteiger partial charge in [0.2, 0.25) is 0 Å². The number of hydrogen-bond donors (Lipinski definition) is 0. The summed E-state index contributed by atoms with van der Waals surface area (Å²) < 4.78 is 5.31. The van der Waals surface area contributed by atoms with Gasteiger partial charge in [-0.15, -0.1) is 0 Å². The predicted molar refractivity (Wildman–Crippen MR) is 58.5 cm³/mol. The van der Waals surface area contributed by atoms with Gasteiger partial charge in [0.15, 0.2) is 5.90 Å². The minimum Gasteiger partial charge on any atom is -0.484 e. The summed E-state index contributed by atoms with van der Waals surface area (Å²) >= 11 is 0. The Bertz CT molecular complexity index is 286. The van der Waals surface area contributed by atoms with Gasteiger partial charge in [-0.25, -0.2) is 4.99 Å². The summed E-state index contributed by atoms with van der Waals surface area (Å²) in [5, 5.41) is 0. The molecule has 1 heterocycles. The van der Waals surface area contributed by atoms with Crippen LogP contribution in [0, 0.1) is 17.3 Å². The topological polar surface area (TPSA) is 21.6 Å². The van der Waals surface area contributed by atoms with Crippen LogP contribution in [0.25, 0.3) is 0 Å². The highest BCUT2D eigenvalue weighted by molar-refractivity contribution is 5.78. The Kier molecular flexibility index (Phi) is 1.96. The third-order valence-electron chi connectivity index (χ3n) is 5.00. The van der Waals surface area contributed by atoms with Crippen LogP contribution in [-0.2, 0) is 4.74 Å². The van der Waals surface area contributed by atoms with Crippen LogP contribution in [0.3, 0.4) is 0 Å². The largest absolute Gasteiger partial charge is 0.484 e. The van der Waals surface area contributed by atoms with Crippen molar-refractivity contribution < 1.29 is 4.74 Å². The van der Waals surface area contributed by atoms with Crippen LogP contribution in [-0.4, -0.2) is 18.5 Å². The van der Waals surface area contributed by atoms with Gasteiger partial charge >= 0.3 is 0 Å². The molecule has 1 aliphatic carbocycles. The lowest BCUT2D eigenvalue weighted by Crippen LogP contribution is -2.63. The fourth-order valence-corrected chi connectivity index (χ4v) is 3.53. The van der Waals surface area contributed by atoms with Crippen LogP contribution in [0.15, 0.2) is 4.99 Å². The van der Waals surface area contributed by atoms with E-state index in [0.29, 0.717) is 11.3 Å². The maximum absolute atomic E-state index is 5.31. The van der Waals surface area contributed by atoms with Crippen molar-refractivity contribution >= 4 is 5.90 Å². The molecule has 4 atom stereocenters. The summed E-state index contributed by atoms with van der Waals surface area (Å²) in [6.45, 7) is 9.36. The average molecular weight is 195 g/mol. The van der Waals surface area contributed by atoms with Crippen LogP contribution in [0.4, 0.5) is 0 Å². The molecule has 0 radical (unpaired) electrons. The van der Waals surface area contributed by atoms with Gasteiger partial charge in [0.1, 0.15) is 0 Å². The maximum Gasteiger partial charge on any atom is 0.183 e. The molecule has 14 heavy (non-hydrogen) atoms. The molecule has 0 N–H and O–H groups in total. The molecular weight excluding hydrogens is 174 g/mol. The highest BCUT2D eigenvalue weighted by Gasteiger charge is 2.62. The van der Waals surface area contributed by atoms with Crippen LogP contribution in [0.1, 0.15) is 40.5 Å². The maximum atomic E-state index is 5.31. The minimum atomic E-state index is 0.134. The second-order valence-corrected chi connectivity index (χ2v) is 5.48. The zero-order valence-corrected chi connectivity index (χ0v) is 9.92. The fraction of sp³-hybridized carbons (Fsp3) is 0.917. The summed E-state index contributed by atoms with van der Waals surface area (Å²) in [7, 11) is 1.74. The molecule has 2 heteroatoms. The Morgan fingerprint density at radius 1 is 1.29 bits per heavy atom. The van der Waals surface area contributed by atoms with E-state index in [0.717, 1.165) is 18.2 Å². The van der Waals surface area contributed by atoms with Gasteiger partial charge in [-0.05, 0) is 30.6 Å². The molecular formula is C12H21NO. The Morgan fingerprint density at radius 3 is 2.36 bits per heavy atom. The van der Waals surface area contributed by atoms with E-state index >= 15 is 0 Å². The first kappa shape index (κ1) is 10.0. The molecule has 0 aromatic carbocycles. The van der Waals surface area contributed by atoms with Gasteiger partial charge in [-0.2, -0.15) is 0 Å². The van der Waals surface area contributed by atoms with Gasteiger partial charge < -0.3 is 4.74 Å². The van der Waals surface area contributed by atoms with E-state index in [2.05, 4.69) is 27.7 Å². The zero-order valence-electron chi connectivity index (χ0n) is 9.92. The van der Waals surface area contributed by atoms with E-state index in [1.807, 2.05) is 0 Å². The van der Waals surface area contributed by atoms with Crippen molar-refractivity contribution in [1.82, 2.24) is 0 Å². The summed E-state index contributed by atoms with van der Waals surface area (Å²) in [5.41, 5.74) is 0.518. The molecule has 0 saturated heterocycles. The smallest absolute Gasteiger partial charge is 0.183 e. The quantitative estimate of drug-likeness (QED) is 0.582. The highest BCUT2D eigenvalue weighted by atomic mass is 16.5. The van der Waals surface area contributed by atoms with Crippen molar-refractivity contribution in [3.8, 4) is 0 Å². The summed E-state index contributed by atoms with van der Waals surface area (Å²) in [6.07, 6.45) is 2.22. The van der Waals surface area contributed by atoms with Crippen LogP contribution >= 0.6 is 0 Å². The van der Waals surface area contributed by atoms with Crippen molar-refractivity contribution in [3.05, 3.63) is 0 Å². The van der Waals surface area contributed by atoms with E-state index in [4.69, 9.17) is 9.73 Å². The zero-order chi connectivity index (χ0) is 10.6. The highest BCUT2D eigenvalue weighted by Crippen LogP contribution is 2.63. The summed E-state index contributed by atoms with van der Waals surface area (Å²) in [4.78, 5) is 4.77. The van der Waals surface area contributed by atoms with Crippen molar-refractivity contribution in [2.75, 3.05) is 7.11 Å². The van der Waals surface area contributed by atoms with Gasteiger partial charge in [0, 0.05) is 6.42 Å². The Hall–Kier alpha value is -0.530. The third-order valence-corrected chi connectivity index (χ3v) is 5.00. The lowest BCUT2D eigenvalue weighted by Gasteiger charge is -2.63. The molecule has 0 aromatic rings. The van der Waals surface area contributed by atoms with Gasteiger partial charge in [-0.3, -0.25) is 0 Å². The van der Waals surface area contributed by atoms with Gasteiger partial charge in [0.25, 0.3) is 0 Å². The first-order valence-corrected chi connectivity index (χ1v) is 5.57. The van der Waals surface area contributed by atoms with Gasteiger partial charge in [-0.1, -0.05) is 20.8 Å². The third kappa shape index (κ3) is 0.945. The molecule has 0 spiro atoms. The summed E-state index contributed by atoms with van der Waals surface area (Å²) in [6, 6.07) is 0. The van der Waals surface area contributed by atoms with E-state index in [-0.39, 0.29) is 5.54 Å². The average Bonchev–Trinajstić information content (AvgIpc) is 2.13. The number of methoxy groups -OCH3 is 1. The number of ether oxygens (including phenoxy) is 1. The molecule has 0 aromatic heterocycles. The number of nitrogens with zero attached hydrogens (tertiary/aromatic N) is 1. The number of fused-ring (bicyclic) bond motifs is 1. The van der Waals surface area contributed by atoms with E-state index in [1.165, 1.54) is 6.42 Å². The summed E-state index contributed by atoms with van der Waals surface area (Å²) in [5.74, 6) is 2.43. The van der Waals surface area contributed by atoms with Crippen molar-refractivity contribution in [2.45, 2.75) is 46.1 Å². The standard InChI is InChI=1S/C12H21NO/c1-8-6-10(14-5)13-11(3)7-9(2)12(8,11)4/h8-9H,6-7H2,1-5H3. The van der Waals surface area contributed by atoms with Crippen molar-refractivity contribution in [1.29, 1.82) is 0 Å². The molecule has 2 rings (SSSR count). The first-order valence-electron chi connectivity index (χ1n) is 5.57. The number of rotatable bonds is 0. The Labute approximate surface area is 86.8 Å². The number of aliphatic imine (C=N–C) groups is 1. The van der Waals surface area contributed by atoms with Crippen LogP contribution in [0.5, 0.6) is 0 Å². The first-order chi connectivity index (χ1) is 6.44. The molecule has 1 fully saturated rings. The monoisotopic (exact) mass is 195 g/mol. The van der Waals surface area contributed by atoms with E-state index in [1.54, 1.807) is 7.11 Å². The predicted octanol–water partition coefficient (Wildman–Crippen LogP) is 2.88. The van der Waals surface area contributed by atoms with Crippen LogP contribution in [0.2, 0.25) is 0 Å². The van der Waals surface area contributed by atoms with Crippen molar-refractivity contribution in [2.24, 2.45) is 22.2 Å². The Morgan fingerprint density at radius 2 is 1.93 bits per heavy atom. The molecule has 2 aliphatic rings. The lowest BCUT2D eigenvalue weighted by atomic mass is 9.44. The van der Waals surface area contributed by atoms with Crippen molar-refractivity contribution in [3.63, 3.8) is 0 Å². The normalized spacial score (nSPS) is 51.6. The minimum absolute atomic E-state index is 0.134. The molecule has 0 bridgehead atoms. The molecule has 2 nitrogen and oxygen atoms in total. The second kappa shape index (κ2) is 2.74. The molecule has 0 amide bonds. The van der Waals surface area contributed by atoms with E-state index in [9.17, 15) is 0 Å². The molecule has 4 unspecified atom stereocenters. The van der Waals surface area contributed by atoms with Gasteiger partial charge in [0.05, 0.1) is 12.6 Å². The molecule has 80 valence electrons.